The Hall–Kier alpha value is -1.71. The van der Waals surface area contributed by atoms with Crippen LogP contribution in [0.5, 0.6) is 0 Å². The third kappa shape index (κ3) is 2.94. The number of rotatable bonds is 2. The topological polar surface area (TPSA) is 72.3 Å². The summed E-state index contributed by atoms with van der Waals surface area (Å²) < 4.78 is 0. The van der Waals surface area contributed by atoms with Crippen LogP contribution in [0.15, 0.2) is 18.2 Å². The van der Waals surface area contributed by atoms with E-state index in [9.17, 15) is 4.79 Å². The Morgan fingerprint density at radius 2 is 1.67 bits per heavy atom. The first kappa shape index (κ1) is 12.7. The van der Waals surface area contributed by atoms with Gasteiger partial charge in [0, 0.05) is 18.8 Å². The Morgan fingerprint density at radius 3 is 2.28 bits per heavy atom. The summed E-state index contributed by atoms with van der Waals surface area (Å²) in [5.74, 6) is -0.382. The molecule has 1 aliphatic heterocycles. The molecule has 4 heteroatoms. The number of anilines is 2. The molecule has 1 saturated heterocycles. The van der Waals surface area contributed by atoms with E-state index in [1.54, 1.807) is 12.1 Å². The van der Waals surface area contributed by atoms with Gasteiger partial charge in [-0.3, -0.25) is 4.79 Å². The van der Waals surface area contributed by atoms with Gasteiger partial charge in [-0.25, -0.2) is 0 Å². The lowest BCUT2D eigenvalue weighted by Crippen LogP contribution is -2.29. The van der Waals surface area contributed by atoms with Crippen LogP contribution in [-0.4, -0.2) is 19.0 Å². The third-order valence-corrected chi connectivity index (χ3v) is 3.48. The van der Waals surface area contributed by atoms with Crippen molar-refractivity contribution < 1.29 is 4.79 Å². The lowest BCUT2D eigenvalue weighted by molar-refractivity contribution is 0.100. The molecule has 98 valence electrons. The van der Waals surface area contributed by atoms with Crippen LogP contribution >= 0.6 is 0 Å². The van der Waals surface area contributed by atoms with Gasteiger partial charge in [0.1, 0.15) is 0 Å². The number of benzene rings is 1. The summed E-state index contributed by atoms with van der Waals surface area (Å²) >= 11 is 0. The first-order valence-electron chi connectivity index (χ1n) is 6.63. The first-order chi connectivity index (χ1) is 8.68. The van der Waals surface area contributed by atoms with Gasteiger partial charge in [-0.05, 0) is 31.0 Å². The number of carbonyl (C=O) groups excluding carboxylic acids is 1. The van der Waals surface area contributed by atoms with Crippen molar-refractivity contribution in [2.75, 3.05) is 23.7 Å². The van der Waals surface area contributed by atoms with Gasteiger partial charge >= 0.3 is 0 Å². The number of carbonyl (C=O) groups is 1. The molecule has 2 rings (SSSR count). The molecular weight excluding hydrogens is 226 g/mol. The van der Waals surface area contributed by atoms with Crippen molar-refractivity contribution >= 4 is 17.3 Å². The average molecular weight is 247 g/mol. The Bertz CT molecular complexity index is 423. The fourth-order valence-electron chi connectivity index (χ4n) is 2.51. The standard InChI is InChI=1S/C14H21N3O/c15-11-6-7-12(14(16)18)13(10-11)17-8-4-2-1-3-5-9-17/h6-7,10H,1-5,8-9,15H2,(H2,16,18). The van der Waals surface area contributed by atoms with E-state index >= 15 is 0 Å². The number of hydrogen-bond donors (Lipinski definition) is 2. The summed E-state index contributed by atoms with van der Waals surface area (Å²) in [6.07, 6.45) is 6.14. The molecule has 18 heavy (non-hydrogen) atoms. The van der Waals surface area contributed by atoms with Gasteiger partial charge in [-0.15, -0.1) is 0 Å². The lowest BCUT2D eigenvalue weighted by atomic mass is 10.1. The molecule has 0 bridgehead atoms. The molecule has 1 heterocycles. The van der Waals surface area contributed by atoms with Gasteiger partial charge in [-0.1, -0.05) is 19.3 Å². The van der Waals surface area contributed by atoms with Gasteiger partial charge in [0.25, 0.3) is 5.91 Å². The molecule has 0 spiro atoms. The molecule has 0 unspecified atom stereocenters. The van der Waals surface area contributed by atoms with Crippen molar-refractivity contribution in [1.82, 2.24) is 0 Å². The molecular formula is C14H21N3O. The van der Waals surface area contributed by atoms with Crippen LogP contribution in [0.4, 0.5) is 11.4 Å². The number of primary amides is 1. The number of nitrogen functional groups attached to an aromatic ring is 1. The average Bonchev–Trinajstić information content (AvgIpc) is 2.27. The van der Waals surface area contributed by atoms with Crippen molar-refractivity contribution in [3.63, 3.8) is 0 Å². The van der Waals surface area contributed by atoms with Gasteiger partial charge in [0.2, 0.25) is 0 Å². The van der Waals surface area contributed by atoms with E-state index in [1.165, 1.54) is 19.3 Å². The molecule has 0 atom stereocenters. The summed E-state index contributed by atoms with van der Waals surface area (Å²) in [5, 5.41) is 0. The van der Waals surface area contributed by atoms with E-state index in [0.29, 0.717) is 11.3 Å². The molecule has 4 N–H and O–H groups in total. The summed E-state index contributed by atoms with van der Waals surface area (Å²) in [5.41, 5.74) is 13.4. The third-order valence-electron chi connectivity index (χ3n) is 3.48. The van der Waals surface area contributed by atoms with Crippen LogP contribution in [-0.2, 0) is 0 Å². The van der Waals surface area contributed by atoms with Crippen molar-refractivity contribution in [2.24, 2.45) is 5.73 Å². The van der Waals surface area contributed by atoms with Crippen LogP contribution < -0.4 is 16.4 Å². The minimum atomic E-state index is -0.382. The van der Waals surface area contributed by atoms with Crippen molar-refractivity contribution in [2.45, 2.75) is 32.1 Å². The van der Waals surface area contributed by atoms with Crippen LogP contribution in [0.1, 0.15) is 42.5 Å². The quantitative estimate of drug-likeness (QED) is 0.786. The smallest absolute Gasteiger partial charge is 0.250 e. The highest BCUT2D eigenvalue weighted by Gasteiger charge is 2.16. The highest BCUT2D eigenvalue weighted by atomic mass is 16.1. The summed E-state index contributed by atoms with van der Waals surface area (Å²) in [6, 6.07) is 5.32. The van der Waals surface area contributed by atoms with Crippen LogP contribution in [0.25, 0.3) is 0 Å². The Morgan fingerprint density at radius 1 is 1.06 bits per heavy atom. The zero-order chi connectivity index (χ0) is 13.0. The molecule has 1 aromatic rings. The minimum Gasteiger partial charge on any atom is -0.399 e. The van der Waals surface area contributed by atoms with Gasteiger partial charge in [-0.2, -0.15) is 0 Å². The predicted molar refractivity (Wildman–Crippen MR) is 74.7 cm³/mol. The van der Waals surface area contributed by atoms with E-state index < -0.39 is 0 Å². The van der Waals surface area contributed by atoms with E-state index in [2.05, 4.69) is 4.90 Å². The predicted octanol–water partition coefficient (Wildman–Crippen LogP) is 2.14. The van der Waals surface area contributed by atoms with Gasteiger partial charge < -0.3 is 16.4 Å². The number of amides is 1. The van der Waals surface area contributed by atoms with E-state index in [1.807, 2.05) is 6.07 Å². The number of hydrogen-bond acceptors (Lipinski definition) is 3. The van der Waals surface area contributed by atoms with Crippen molar-refractivity contribution in [3.05, 3.63) is 23.8 Å². The summed E-state index contributed by atoms with van der Waals surface area (Å²) in [7, 11) is 0. The first-order valence-corrected chi connectivity index (χ1v) is 6.63. The Kier molecular flexibility index (Phi) is 4.07. The Labute approximate surface area is 108 Å². The molecule has 1 aromatic carbocycles. The maximum atomic E-state index is 11.5. The molecule has 0 aromatic heterocycles. The number of nitrogens with two attached hydrogens (primary N) is 2. The normalized spacial score (nSPS) is 17.0. The van der Waals surface area contributed by atoms with Crippen LogP contribution in [0.2, 0.25) is 0 Å². The molecule has 1 aliphatic rings. The lowest BCUT2D eigenvalue weighted by Gasteiger charge is -2.28. The second kappa shape index (κ2) is 5.76. The largest absolute Gasteiger partial charge is 0.399 e. The van der Waals surface area contributed by atoms with E-state index in [-0.39, 0.29) is 5.91 Å². The zero-order valence-electron chi connectivity index (χ0n) is 10.7. The summed E-state index contributed by atoms with van der Waals surface area (Å²) in [4.78, 5) is 13.7. The van der Waals surface area contributed by atoms with Crippen LogP contribution in [0.3, 0.4) is 0 Å². The van der Waals surface area contributed by atoms with Crippen molar-refractivity contribution in [1.29, 1.82) is 0 Å². The Balaban J connectivity index is 2.28. The van der Waals surface area contributed by atoms with Crippen LogP contribution in [0, 0.1) is 0 Å². The maximum absolute atomic E-state index is 11.5. The van der Waals surface area contributed by atoms with Gasteiger partial charge in [0.05, 0.1) is 11.3 Å². The van der Waals surface area contributed by atoms with Crippen molar-refractivity contribution in [3.8, 4) is 0 Å². The fourth-order valence-corrected chi connectivity index (χ4v) is 2.51. The molecule has 0 aliphatic carbocycles. The molecule has 0 radical (unpaired) electrons. The SMILES string of the molecule is NC(=O)c1ccc(N)cc1N1CCCCCCC1. The molecule has 0 saturated carbocycles. The minimum absolute atomic E-state index is 0.382. The fraction of sp³-hybridized carbons (Fsp3) is 0.500. The number of nitrogens with zero attached hydrogens (tertiary/aromatic N) is 1. The van der Waals surface area contributed by atoms with Gasteiger partial charge in [0.15, 0.2) is 0 Å². The second-order valence-electron chi connectivity index (χ2n) is 4.90. The molecule has 4 nitrogen and oxygen atoms in total. The highest BCUT2D eigenvalue weighted by molar-refractivity contribution is 5.99. The maximum Gasteiger partial charge on any atom is 0.250 e. The second-order valence-corrected chi connectivity index (χ2v) is 4.90. The highest BCUT2D eigenvalue weighted by Crippen LogP contribution is 2.25. The molecule has 1 amide bonds. The van der Waals surface area contributed by atoms with E-state index in [4.69, 9.17) is 11.5 Å². The van der Waals surface area contributed by atoms with E-state index in [0.717, 1.165) is 31.6 Å². The monoisotopic (exact) mass is 247 g/mol. The summed E-state index contributed by atoms with van der Waals surface area (Å²) in [6.45, 7) is 1.95. The zero-order valence-corrected chi connectivity index (χ0v) is 10.7. The molecule has 1 fully saturated rings.